The van der Waals surface area contributed by atoms with Crippen LogP contribution < -0.4 is 9.62 Å². The Labute approximate surface area is 259 Å². The van der Waals surface area contributed by atoms with Crippen molar-refractivity contribution < 1.29 is 22.4 Å². The number of rotatable bonds is 11. The number of hydrogen-bond acceptors (Lipinski definition) is 4. The van der Waals surface area contributed by atoms with Crippen LogP contribution >= 0.6 is 0 Å². The maximum atomic E-state index is 14.4. The van der Waals surface area contributed by atoms with Gasteiger partial charge < -0.3 is 10.2 Å². The first-order valence-electron chi connectivity index (χ1n) is 14.4. The van der Waals surface area contributed by atoms with Gasteiger partial charge in [-0.25, -0.2) is 12.8 Å². The molecule has 0 unspecified atom stereocenters. The number of anilines is 1. The van der Waals surface area contributed by atoms with Crippen molar-refractivity contribution in [2.75, 3.05) is 10.8 Å². The molecule has 0 aromatic heterocycles. The van der Waals surface area contributed by atoms with Crippen LogP contribution in [0.15, 0.2) is 114 Å². The van der Waals surface area contributed by atoms with Crippen molar-refractivity contribution >= 4 is 27.5 Å². The Morgan fingerprint density at radius 3 is 1.93 bits per heavy atom. The van der Waals surface area contributed by atoms with Gasteiger partial charge in [-0.05, 0) is 75.2 Å². The second-order valence-corrected chi connectivity index (χ2v) is 13.6. The largest absolute Gasteiger partial charge is 0.350 e. The van der Waals surface area contributed by atoms with Gasteiger partial charge in [0.25, 0.3) is 10.0 Å². The van der Waals surface area contributed by atoms with Crippen LogP contribution in [-0.4, -0.2) is 43.3 Å². The number of nitrogens with zero attached hydrogens (tertiary/aromatic N) is 2. The van der Waals surface area contributed by atoms with Gasteiger partial charge in [-0.3, -0.25) is 13.9 Å². The van der Waals surface area contributed by atoms with Crippen molar-refractivity contribution in [1.82, 2.24) is 10.2 Å². The zero-order valence-corrected chi connectivity index (χ0v) is 26.2. The molecule has 0 bridgehead atoms. The maximum Gasteiger partial charge on any atom is 0.264 e. The average molecular weight is 616 g/mol. The molecule has 0 aliphatic heterocycles. The number of benzene rings is 4. The summed E-state index contributed by atoms with van der Waals surface area (Å²) in [4.78, 5) is 29.6. The van der Waals surface area contributed by atoms with Gasteiger partial charge in [0.05, 0.1) is 10.6 Å². The second-order valence-electron chi connectivity index (χ2n) is 11.8. The summed E-state index contributed by atoms with van der Waals surface area (Å²) < 4.78 is 42.6. The van der Waals surface area contributed by atoms with Crippen molar-refractivity contribution in [2.24, 2.45) is 0 Å². The lowest BCUT2D eigenvalue weighted by atomic mass is 10.0. The molecule has 0 aliphatic rings. The van der Waals surface area contributed by atoms with Gasteiger partial charge in [0.15, 0.2) is 0 Å². The third-order valence-electron chi connectivity index (χ3n) is 6.97. The highest BCUT2D eigenvalue weighted by Crippen LogP contribution is 2.25. The number of halogens is 1. The third-order valence-corrected chi connectivity index (χ3v) is 8.76. The van der Waals surface area contributed by atoms with E-state index in [4.69, 9.17) is 0 Å². The number of hydrogen-bond donors (Lipinski definition) is 1. The Morgan fingerprint density at radius 1 is 0.795 bits per heavy atom. The van der Waals surface area contributed by atoms with Gasteiger partial charge >= 0.3 is 0 Å². The predicted molar refractivity (Wildman–Crippen MR) is 171 cm³/mol. The lowest BCUT2D eigenvalue weighted by Gasteiger charge is -2.35. The summed E-state index contributed by atoms with van der Waals surface area (Å²) in [6.07, 6.45) is 0.219. The minimum absolute atomic E-state index is 0.0768. The van der Waals surface area contributed by atoms with Crippen LogP contribution in [0, 0.1) is 12.7 Å². The van der Waals surface area contributed by atoms with Crippen LogP contribution in [0.4, 0.5) is 10.1 Å². The molecule has 4 rings (SSSR count). The Hall–Kier alpha value is -4.50. The fourth-order valence-corrected chi connectivity index (χ4v) is 6.17. The topological polar surface area (TPSA) is 86.8 Å². The molecule has 0 fully saturated rings. The molecule has 4 aromatic rings. The van der Waals surface area contributed by atoms with E-state index in [0.717, 1.165) is 33.1 Å². The van der Waals surface area contributed by atoms with E-state index in [-0.39, 0.29) is 29.5 Å². The standard InChI is InChI=1S/C35H38FN3O4S/c1-26-15-17-28(18-16-26)24-38(32(34(41)37-35(2,3)4)23-27-11-7-5-8-12-27)33(40)25-39(30-13-9-6-10-14-30)44(42,43)31-21-19-29(36)20-22-31/h5-22,32H,23-25H2,1-4H3,(H,37,41)/t32-/m0/s1. The Kier molecular flexibility index (Phi) is 10.2. The fourth-order valence-electron chi connectivity index (χ4n) is 4.75. The molecule has 9 heteroatoms. The van der Waals surface area contributed by atoms with Crippen LogP contribution in [0.25, 0.3) is 0 Å². The van der Waals surface area contributed by atoms with Crippen molar-refractivity contribution in [2.45, 2.75) is 57.1 Å². The van der Waals surface area contributed by atoms with E-state index in [9.17, 15) is 22.4 Å². The Balaban J connectivity index is 1.79. The molecule has 0 aliphatic carbocycles. The summed E-state index contributed by atoms with van der Waals surface area (Å²) in [7, 11) is -4.29. The quantitative estimate of drug-likeness (QED) is 0.228. The second kappa shape index (κ2) is 13.9. The highest BCUT2D eigenvalue weighted by atomic mass is 32.2. The van der Waals surface area contributed by atoms with Crippen molar-refractivity contribution in [3.05, 3.63) is 132 Å². The summed E-state index contributed by atoms with van der Waals surface area (Å²) in [5.41, 5.74) is 2.37. The van der Waals surface area contributed by atoms with Crippen LogP contribution in [0.3, 0.4) is 0 Å². The monoisotopic (exact) mass is 615 g/mol. The molecule has 1 atom stereocenters. The smallest absolute Gasteiger partial charge is 0.264 e. The number of aryl methyl sites for hydroxylation is 1. The lowest BCUT2D eigenvalue weighted by Crippen LogP contribution is -2.56. The highest BCUT2D eigenvalue weighted by molar-refractivity contribution is 7.92. The van der Waals surface area contributed by atoms with Crippen LogP contribution in [0.1, 0.15) is 37.5 Å². The van der Waals surface area contributed by atoms with Crippen LogP contribution in [0.5, 0.6) is 0 Å². The van der Waals surface area contributed by atoms with Crippen molar-refractivity contribution in [3.8, 4) is 0 Å². The van der Waals surface area contributed by atoms with Crippen molar-refractivity contribution in [3.63, 3.8) is 0 Å². The average Bonchev–Trinajstić information content (AvgIpc) is 2.98. The minimum atomic E-state index is -4.29. The van der Waals surface area contributed by atoms with Gasteiger partial charge in [-0.1, -0.05) is 78.4 Å². The first kappa shape index (κ1) is 32.4. The molecular weight excluding hydrogens is 577 g/mol. The number of carbonyl (C=O) groups is 2. The summed E-state index contributed by atoms with van der Waals surface area (Å²) in [6, 6.07) is 28.8. The molecule has 7 nitrogen and oxygen atoms in total. The number of carbonyl (C=O) groups excluding carboxylic acids is 2. The Bertz CT molecular complexity index is 1660. The van der Waals surface area contributed by atoms with Gasteiger partial charge in [-0.15, -0.1) is 0 Å². The molecule has 44 heavy (non-hydrogen) atoms. The SMILES string of the molecule is Cc1ccc(CN(C(=O)CN(c2ccccc2)S(=O)(=O)c2ccc(F)cc2)[C@@H](Cc2ccccc2)C(=O)NC(C)(C)C)cc1. The fraction of sp³-hybridized carbons (Fsp3) is 0.257. The van der Waals surface area contributed by atoms with E-state index >= 15 is 0 Å². The molecule has 0 radical (unpaired) electrons. The number of para-hydroxylation sites is 1. The number of sulfonamides is 1. The zero-order valence-electron chi connectivity index (χ0n) is 25.4. The first-order chi connectivity index (χ1) is 20.8. The molecule has 230 valence electrons. The predicted octanol–water partition coefficient (Wildman–Crippen LogP) is 5.88. The summed E-state index contributed by atoms with van der Waals surface area (Å²) in [5.74, 6) is -1.50. The molecule has 0 saturated heterocycles. The van der Waals surface area contributed by atoms with E-state index in [1.165, 1.54) is 17.0 Å². The van der Waals surface area contributed by atoms with Crippen LogP contribution in [0.2, 0.25) is 0 Å². The summed E-state index contributed by atoms with van der Waals surface area (Å²) in [6.45, 7) is 7.05. The van der Waals surface area contributed by atoms with E-state index in [1.807, 2.05) is 82.3 Å². The third kappa shape index (κ3) is 8.54. The van der Waals surface area contributed by atoms with Gasteiger partial charge in [0.2, 0.25) is 11.8 Å². The molecule has 0 heterocycles. The lowest BCUT2D eigenvalue weighted by molar-refractivity contribution is -0.140. The van der Waals surface area contributed by atoms with Gasteiger partial charge in [0, 0.05) is 18.5 Å². The number of nitrogens with one attached hydrogen (secondary N) is 1. The van der Waals surface area contributed by atoms with Gasteiger partial charge in [-0.2, -0.15) is 0 Å². The van der Waals surface area contributed by atoms with E-state index < -0.39 is 39.9 Å². The molecular formula is C35H38FN3O4S. The Morgan fingerprint density at radius 2 is 1.36 bits per heavy atom. The normalized spacial score (nSPS) is 12.3. The molecule has 1 N–H and O–H groups in total. The molecule has 2 amide bonds. The zero-order chi connectivity index (χ0) is 31.9. The van der Waals surface area contributed by atoms with Crippen LogP contribution in [-0.2, 0) is 32.6 Å². The van der Waals surface area contributed by atoms with E-state index in [0.29, 0.717) is 0 Å². The first-order valence-corrected chi connectivity index (χ1v) is 15.8. The maximum absolute atomic E-state index is 14.4. The molecule has 0 saturated carbocycles. The van der Waals surface area contributed by atoms with Gasteiger partial charge in [0.1, 0.15) is 18.4 Å². The van der Waals surface area contributed by atoms with E-state index in [2.05, 4.69) is 5.32 Å². The summed E-state index contributed by atoms with van der Waals surface area (Å²) >= 11 is 0. The molecule has 0 spiro atoms. The summed E-state index contributed by atoms with van der Waals surface area (Å²) in [5, 5.41) is 3.02. The van der Waals surface area contributed by atoms with E-state index in [1.54, 1.807) is 30.3 Å². The minimum Gasteiger partial charge on any atom is -0.350 e. The number of amides is 2. The highest BCUT2D eigenvalue weighted by Gasteiger charge is 2.35. The molecule has 4 aromatic carbocycles. The van der Waals surface area contributed by atoms with Crippen molar-refractivity contribution in [1.29, 1.82) is 0 Å².